The molecule has 0 atom stereocenters. The molecular formula is C25H24F2N4O4. The normalized spacial score (nSPS) is 14.6. The number of halogens is 2. The molecule has 10 heteroatoms. The third-order valence-electron chi connectivity index (χ3n) is 6.39. The van der Waals surface area contributed by atoms with Gasteiger partial charge >= 0.3 is 0 Å². The molecule has 35 heavy (non-hydrogen) atoms. The highest BCUT2D eigenvalue weighted by molar-refractivity contribution is 6.06. The molecule has 4 heterocycles. The Balaban J connectivity index is 1.80. The van der Waals surface area contributed by atoms with Gasteiger partial charge in [-0.15, -0.1) is 0 Å². The molecule has 4 aromatic rings. The number of methoxy groups -OCH3 is 2. The summed E-state index contributed by atoms with van der Waals surface area (Å²) in [5.74, 6) is -0.476. The van der Waals surface area contributed by atoms with Crippen molar-refractivity contribution in [3.05, 3.63) is 57.9 Å². The maximum Gasteiger partial charge on any atom is 0.264 e. The van der Waals surface area contributed by atoms with Gasteiger partial charge < -0.3 is 19.4 Å². The van der Waals surface area contributed by atoms with Crippen LogP contribution in [-0.4, -0.2) is 58.8 Å². The number of nitrogens with one attached hydrogen (secondary N) is 1. The summed E-state index contributed by atoms with van der Waals surface area (Å²) in [6.45, 7) is 2.30. The summed E-state index contributed by atoms with van der Waals surface area (Å²) in [6.07, 6.45) is 0.962. The number of piperidine rings is 1. The van der Waals surface area contributed by atoms with Crippen molar-refractivity contribution in [3.63, 3.8) is 0 Å². The number of aromatic nitrogens is 3. The van der Waals surface area contributed by atoms with Gasteiger partial charge in [0.05, 0.1) is 41.9 Å². The van der Waals surface area contributed by atoms with Crippen LogP contribution in [0.4, 0.5) is 8.78 Å². The maximum atomic E-state index is 14.5. The van der Waals surface area contributed by atoms with Gasteiger partial charge in [0.25, 0.3) is 17.3 Å². The Morgan fingerprint density at radius 2 is 1.89 bits per heavy atom. The number of benzene rings is 1. The van der Waals surface area contributed by atoms with Crippen LogP contribution in [0.2, 0.25) is 0 Å². The van der Waals surface area contributed by atoms with Crippen LogP contribution in [-0.2, 0) is 0 Å². The number of nitrogens with zero attached hydrogens (tertiary/aromatic N) is 3. The smallest absolute Gasteiger partial charge is 0.264 e. The number of carbonyl (C=O) groups is 1. The van der Waals surface area contributed by atoms with E-state index in [1.165, 1.54) is 43.2 Å². The lowest BCUT2D eigenvalue weighted by atomic mass is 10.1. The molecule has 0 radical (unpaired) electrons. The number of fused-ring (bicyclic) bond motifs is 2. The minimum atomic E-state index is -0.948. The SMILES string of the molecule is COc1cc2c(=O)n(-c3ccc(F)c4[nH]c(C)cc34)cc(C(=O)N3CCC(F)CC3)c2nc1OC. The van der Waals surface area contributed by atoms with Gasteiger partial charge in [0.1, 0.15) is 12.0 Å². The summed E-state index contributed by atoms with van der Waals surface area (Å²) in [5.41, 5.74) is 1.24. The third-order valence-corrected chi connectivity index (χ3v) is 6.39. The van der Waals surface area contributed by atoms with Gasteiger partial charge in [0, 0.05) is 36.4 Å². The summed E-state index contributed by atoms with van der Waals surface area (Å²) in [5, 5.41) is 0.632. The van der Waals surface area contributed by atoms with Gasteiger partial charge in [-0.2, -0.15) is 0 Å². The zero-order valence-electron chi connectivity index (χ0n) is 19.5. The number of alkyl halides is 1. The minimum absolute atomic E-state index is 0.124. The number of amides is 1. The maximum absolute atomic E-state index is 14.5. The molecule has 0 unspecified atom stereocenters. The standard InChI is InChI=1S/C25H24F2N4O4/c1-13-10-15-19(5-4-18(27)22(15)28-13)31-12-17(24(32)30-8-6-14(26)7-9-30)21-16(25(31)33)11-20(34-2)23(29-21)35-3/h4-5,10-12,14,28H,6-9H2,1-3H3. The molecule has 0 spiro atoms. The van der Waals surface area contributed by atoms with E-state index in [2.05, 4.69) is 9.97 Å². The lowest BCUT2D eigenvalue weighted by Crippen LogP contribution is -2.39. The van der Waals surface area contributed by atoms with E-state index in [9.17, 15) is 18.4 Å². The van der Waals surface area contributed by atoms with Crippen molar-refractivity contribution in [2.24, 2.45) is 0 Å². The van der Waals surface area contributed by atoms with Crippen LogP contribution in [0, 0.1) is 12.7 Å². The number of likely N-dealkylation sites (tertiary alicyclic amines) is 1. The van der Waals surface area contributed by atoms with Crippen LogP contribution in [0.3, 0.4) is 0 Å². The fraction of sp³-hybridized carbons (Fsp3) is 0.320. The molecule has 0 bridgehead atoms. The Labute approximate surface area is 199 Å². The van der Waals surface area contributed by atoms with Crippen molar-refractivity contribution >= 4 is 27.7 Å². The van der Waals surface area contributed by atoms with Crippen LogP contribution >= 0.6 is 0 Å². The molecule has 3 aromatic heterocycles. The fourth-order valence-corrected chi connectivity index (χ4v) is 4.59. The molecule has 1 aliphatic heterocycles. The van der Waals surface area contributed by atoms with Crippen molar-refractivity contribution in [2.75, 3.05) is 27.3 Å². The average molecular weight is 482 g/mol. The summed E-state index contributed by atoms with van der Waals surface area (Å²) < 4.78 is 40.1. The van der Waals surface area contributed by atoms with Crippen molar-refractivity contribution in [2.45, 2.75) is 25.9 Å². The number of ether oxygens (including phenoxy) is 2. The van der Waals surface area contributed by atoms with Gasteiger partial charge in [-0.1, -0.05) is 0 Å². The molecule has 1 amide bonds. The van der Waals surface area contributed by atoms with Gasteiger partial charge in [-0.05, 0) is 38.0 Å². The summed E-state index contributed by atoms with van der Waals surface area (Å²) >= 11 is 0. The first-order chi connectivity index (χ1) is 16.8. The van der Waals surface area contributed by atoms with Crippen molar-refractivity contribution in [1.82, 2.24) is 19.4 Å². The molecule has 5 rings (SSSR count). The zero-order valence-corrected chi connectivity index (χ0v) is 19.5. The number of aromatic amines is 1. The molecule has 1 aromatic carbocycles. The van der Waals surface area contributed by atoms with E-state index in [1.54, 1.807) is 17.9 Å². The van der Waals surface area contributed by atoms with Crippen LogP contribution < -0.4 is 15.0 Å². The highest BCUT2D eigenvalue weighted by Gasteiger charge is 2.27. The first kappa shape index (κ1) is 22.8. The Morgan fingerprint density at radius 3 is 2.57 bits per heavy atom. The van der Waals surface area contributed by atoms with Crippen molar-refractivity contribution in [1.29, 1.82) is 0 Å². The molecule has 182 valence electrons. The lowest BCUT2D eigenvalue weighted by Gasteiger charge is -2.29. The van der Waals surface area contributed by atoms with Crippen LogP contribution in [0.1, 0.15) is 28.9 Å². The Morgan fingerprint density at radius 1 is 1.14 bits per heavy atom. The number of aryl methyl sites for hydroxylation is 1. The largest absolute Gasteiger partial charge is 0.491 e. The molecule has 8 nitrogen and oxygen atoms in total. The average Bonchev–Trinajstić information content (AvgIpc) is 3.26. The Hall–Kier alpha value is -3.95. The zero-order chi connectivity index (χ0) is 24.9. The molecule has 0 aliphatic carbocycles. The van der Waals surface area contributed by atoms with Crippen LogP contribution in [0.25, 0.3) is 27.5 Å². The van der Waals surface area contributed by atoms with Gasteiger partial charge in [0.15, 0.2) is 5.75 Å². The van der Waals surface area contributed by atoms with Gasteiger partial charge in [0.2, 0.25) is 0 Å². The topological polar surface area (TPSA) is 89.5 Å². The number of hydrogen-bond acceptors (Lipinski definition) is 5. The first-order valence-corrected chi connectivity index (χ1v) is 11.2. The fourth-order valence-electron chi connectivity index (χ4n) is 4.59. The number of H-pyrrole nitrogens is 1. The van der Waals surface area contributed by atoms with Crippen molar-refractivity contribution in [3.8, 4) is 17.3 Å². The predicted octanol–water partition coefficient (Wildman–Crippen LogP) is 3.91. The van der Waals surface area contributed by atoms with E-state index in [0.29, 0.717) is 11.1 Å². The quantitative estimate of drug-likeness (QED) is 0.477. The Kier molecular flexibility index (Phi) is 5.66. The van der Waals surface area contributed by atoms with Crippen LogP contribution in [0.15, 0.2) is 35.3 Å². The second kappa shape index (κ2) is 8.68. The summed E-state index contributed by atoms with van der Waals surface area (Å²) in [6, 6.07) is 5.98. The van der Waals surface area contributed by atoms with Crippen molar-refractivity contribution < 1.29 is 23.0 Å². The molecule has 1 N–H and O–H groups in total. The lowest BCUT2D eigenvalue weighted by molar-refractivity contribution is 0.0668. The highest BCUT2D eigenvalue weighted by atomic mass is 19.1. The number of rotatable bonds is 4. The van der Waals surface area contributed by atoms with E-state index >= 15 is 0 Å². The summed E-state index contributed by atoms with van der Waals surface area (Å²) in [7, 11) is 2.83. The van der Waals surface area contributed by atoms with Gasteiger partial charge in [-0.25, -0.2) is 13.8 Å². The van der Waals surface area contributed by atoms with E-state index in [-0.39, 0.29) is 65.5 Å². The molecule has 1 aliphatic rings. The second-order valence-electron chi connectivity index (χ2n) is 8.59. The predicted molar refractivity (Wildman–Crippen MR) is 127 cm³/mol. The second-order valence-corrected chi connectivity index (χ2v) is 8.59. The number of hydrogen-bond donors (Lipinski definition) is 1. The first-order valence-electron chi connectivity index (χ1n) is 11.2. The van der Waals surface area contributed by atoms with E-state index in [1.807, 2.05) is 0 Å². The Bertz CT molecular complexity index is 1520. The van der Waals surface area contributed by atoms with E-state index in [4.69, 9.17) is 9.47 Å². The third kappa shape index (κ3) is 3.78. The number of pyridine rings is 2. The summed E-state index contributed by atoms with van der Waals surface area (Å²) in [4.78, 5) is 36.2. The monoisotopic (exact) mass is 482 g/mol. The molecule has 0 saturated carbocycles. The van der Waals surface area contributed by atoms with Crippen LogP contribution in [0.5, 0.6) is 11.6 Å². The molecule has 1 fully saturated rings. The molecule has 1 saturated heterocycles. The van der Waals surface area contributed by atoms with Gasteiger partial charge in [-0.3, -0.25) is 14.2 Å². The number of carbonyl (C=O) groups excluding carboxylic acids is 1. The van der Waals surface area contributed by atoms with E-state index < -0.39 is 17.5 Å². The minimum Gasteiger partial charge on any atom is -0.491 e. The van der Waals surface area contributed by atoms with E-state index in [0.717, 1.165) is 5.69 Å². The highest BCUT2D eigenvalue weighted by Crippen LogP contribution is 2.31. The molecular weight excluding hydrogens is 458 g/mol.